The molecule has 27 heavy (non-hydrogen) atoms. The smallest absolute Gasteiger partial charge is 0.259 e. The Bertz CT molecular complexity index is 786. The minimum atomic E-state index is -0.873. The Kier molecular flexibility index (Phi) is 4.65. The van der Waals surface area contributed by atoms with Crippen LogP contribution in [-0.2, 0) is 20.7 Å². The maximum absolute atomic E-state index is 12.7. The van der Waals surface area contributed by atoms with Crippen LogP contribution in [0.3, 0.4) is 0 Å². The number of carbonyl (C=O) groups is 2. The Hall–Kier alpha value is -2.38. The number of epoxide rings is 1. The lowest BCUT2D eigenvalue weighted by molar-refractivity contribution is -0.117. The number of hydrogen-bond donors (Lipinski definition) is 3. The summed E-state index contributed by atoms with van der Waals surface area (Å²) in [6, 6.07) is 6.64. The van der Waals surface area contributed by atoms with E-state index in [2.05, 4.69) is 5.32 Å². The Labute approximate surface area is 157 Å². The quantitative estimate of drug-likeness (QED) is 0.463. The summed E-state index contributed by atoms with van der Waals surface area (Å²) in [7, 11) is 0. The molecule has 1 amide bonds. The lowest BCUT2D eigenvalue weighted by atomic mass is 9.92. The summed E-state index contributed by atoms with van der Waals surface area (Å²) >= 11 is 0. The van der Waals surface area contributed by atoms with E-state index in [1.807, 2.05) is 24.3 Å². The minimum Gasteiger partial charge on any atom is -0.511 e. The molecule has 4 heterocycles. The number of nitrogens with one attached hydrogen (secondary N) is 1. The van der Waals surface area contributed by atoms with E-state index in [0.29, 0.717) is 31.6 Å². The molecule has 144 valence electrons. The van der Waals surface area contributed by atoms with E-state index in [0.717, 1.165) is 5.56 Å². The molecule has 1 unspecified atom stereocenters. The molecule has 1 aromatic carbocycles. The third-order valence-corrected chi connectivity index (χ3v) is 5.57. The van der Waals surface area contributed by atoms with Crippen LogP contribution in [0.15, 0.2) is 35.6 Å². The zero-order valence-electron chi connectivity index (χ0n) is 15.1. The summed E-state index contributed by atoms with van der Waals surface area (Å²) in [5.74, 6) is -1.37. The lowest BCUT2D eigenvalue weighted by Gasteiger charge is -2.18. The standard InChI is InChI=1S/C20H23NO6/c1-10-14(22)6-7-15-16(27-15)9-26-12-4-2-11(3-5-12)8-13-19(24)17(18(10)23)20(25)21-13/h2-5,10,13-16,22-23H,6-9H2,1H3,(H,21,25)/t10-,13+,14?,15+,16+/m1/s1. The highest BCUT2D eigenvalue weighted by molar-refractivity contribution is 6.27. The molecule has 4 aliphatic rings. The lowest BCUT2D eigenvalue weighted by Crippen LogP contribution is -2.31. The first-order chi connectivity index (χ1) is 12.9. The Balaban J connectivity index is 1.63. The van der Waals surface area contributed by atoms with Gasteiger partial charge in [0.05, 0.1) is 18.2 Å². The van der Waals surface area contributed by atoms with Crippen LogP contribution >= 0.6 is 0 Å². The van der Waals surface area contributed by atoms with Gasteiger partial charge in [-0.1, -0.05) is 19.1 Å². The number of benzene rings is 1. The van der Waals surface area contributed by atoms with E-state index in [1.165, 1.54) is 0 Å². The topological polar surface area (TPSA) is 108 Å². The monoisotopic (exact) mass is 373 g/mol. The molecular weight excluding hydrogens is 350 g/mol. The van der Waals surface area contributed by atoms with Gasteiger partial charge in [-0.3, -0.25) is 9.59 Å². The van der Waals surface area contributed by atoms with Gasteiger partial charge in [-0.05, 0) is 30.5 Å². The number of carbonyl (C=O) groups excluding carboxylic acids is 2. The molecule has 5 rings (SSSR count). The van der Waals surface area contributed by atoms with Crippen LogP contribution in [0.1, 0.15) is 25.3 Å². The molecule has 0 aromatic heterocycles. The molecular formula is C20H23NO6. The molecule has 7 heteroatoms. The van der Waals surface area contributed by atoms with Crippen molar-refractivity contribution in [2.75, 3.05) is 6.61 Å². The highest BCUT2D eigenvalue weighted by atomic mass is 16.6. The SMILES string of the molecule is C[C@H]1C(O)=C2C(=O)N[C@@H](Cc3ccc(cc3)OC[C@@H]3O[C@H]3CCC1O)C2=O. The highest BCUT2D eigenvalue weighted by Gasteiger charge is 2.42. The van der Waals surface area contributed by atoms with Gasteiger partial charge in [0.25, 0.3) is 5.91 Å². The van der Waals surface area contributed by atoms with Crippen LogP contribution in [0.2, 0.25) is 0 Å². The van der Waals surface area contributed by atoms with Crippen molar-refractivity contribution in [1.82, 2.24) is 5.32 Å². The molecule has 2 fully saturated rings. The summed E-state index contributed by atoms with van der Waals surface area (Å²) in [5, 5.41) is 23.5. The molecule has 1 aromatic rings. The molecule has 5 atom stereocenters. The van der Waals surface area contributed by atoms with E-state index in [9.17, 15) is 19.8 Å². The number of amides is 1. The zero-order chi connectivity index (χ0) is 19.1. The number of hydrogen-bond acceptors (Lipinski definition) is 6. The van der Waals surface area contributed by atoms with E-state index in [1.54, 1.807) is 6.92 Å². The Morgan fingerprint density at radius 2 is 1.85 bits per heavy atom. The normalized spacial score (nSPS) is 33.9. The Morgan fingerprint density at radius 3 is 2.59 bits per heavy atom. The van der Waals surface area contributed by atoms with Gasteiger partial charge < -0.3 is 25.0 Å². The van der Waals surface area contributed by atoms with Crippen molar-refractivity contribution in [3.8, 4) is 5.75 Å². The highest BCUT2D eigenvalue weighted by Crippen LogP contribution is 2.31. The number of aliphatic hydroxyl groups excluding tert-OH is 2. The van der Waals surface area contributed by atoms with Crippen molar-refractivity contribution in [3.05, 3.63) is 41.2 Å². The van der Waals surface area contributed by atoms with E-state index in [4.69, 9.17) is 9.47 Å². The van der Waals surface area contributed by atoms with Crippen LogP contribution in [0.25, 0.3) is 0 Å². The van der Waals surface area contributed by atoms with Gasteiger partial charge in [-0.2, -0.15) is 0 Å². The van der Waals surface area contributed by atoms with Crippen LogP contribution in [0.4, 0.5) is 0 Å². The van der Waals surface area contributed by atoms with Crippen molar-refractivity contribution in [1.29, 1.82) is 0 Å². The molecule has 4 bridgehead atoms. The van der Waals surface area contributed by atoms with E-state index >= 15 is 0 Å². The van der Waals surface area contributed by atoms with Gasteiger partial charge in [-0.15, -0.1) is 0 Å². The first-order valence-corrected chi connectivity index (χ1v) is 9.27. The molecule has 2 saturated heterocycles. The number of aliphatic hydroxyl groups is 2. The second-order valence-corrected chi connectivity index (χ2v) is 7.46. The average Bonchev–Trinajstić information content (AvgIpc) is 3.35. The fourth-order valence-electron chi connectivity index (χ4n) is 3.68. The van der Waals surface area contributed by atoms with Gasteiger partial charge >= 0.3 is 0 Å². The number of ketones is 1. The number of fused-ring (bicyclic) bond motifs is 7. The molecule has 7 nitrogen and oxygen atoms in total. The zero-order valence-corrected chi connectivity index (χ0v) is 15.1. The molecule has 0 saturated carbocycles. The van der Waals surface area contributed by atoms with Crippen molar-refractivity contribution < 1.29 is 29.3 Å². The maximum Gasteiger partial charge on any atom is 0.259 e. The molecule has 0 aliphatic carbocycles. The fraction of sp³-hybridized carbons (Fsp3) is 0.500. The fourth-order valence-corrected chi connectivity index (χ4v) is 3.68. The van der Waals surface area contributed by atoms with Crippen LogP contribution in [-0.4, -0.2) is 52.9 Å². The van der Waals surface area contributed by atoms with Gasteiger partial charge in [0, 0.05) is 12.3 Å². The van der Waals surface area contributed by atoms with Crippen molar-refractivity contribution in [2.45, 2.75) is 50.5 Å². The largest absolute Gasteiger partial charge is 0.511 e. The third-order valence-electron chi connectivity index (χ3n) is 5.57. The van der Waals surface area contributed by atoms with Crippen LogP contribution in [0, 0.1) is 5.92 Å². The second-order valence-electron chi connectivity index (χ2n) is 7.46. The molecule has 0 radical (unpaired) electrons. The van der Waals surface area contributed by atoms with Gasteiger partial charge in [0.2, 0.25) is 0 Å². The number of Topliss-reactive ketones (excluding diaryl/α,β-unsaturated/α-hetero) is 1. The minimum absolute atomic E-state index is 0.00168. The molecule has 4 aliphatic heterocycles. The summed E-state index contributed by atoms with van der Waals surface area (Å²) < 4.78 is 11.3. The van der Waals surface area contributed by atoms with E-state index < -0.39 is 29.8 Å². The predicted octanol–water partition coefficient (Wildman–Crippen LogP) is 1.05. The summed E-state index contributed by atoms with van der Waals surface area (Å²) in [5.41, 5.74) is 0.635. The van der Waals surface area contributed by atoms with Crippen LogP contribution in [0.5, 0.6) is 5.75 Å². The summed E-state index contributed by atoms with van der Waals surface area (Å²) in [4.78, 5) is 24.9. The van der Waals surface area contributed by atoms with Crippen molar-refractivity contribution in [2.24, 2.45) is 5.92 Å². The predicted molar refractivity (Wildman–Crippen MR) is 95.3 cm³/mol. The first kappa shape index (κ1) is 18.0. The van der Waals surface area contributed by atoms with Crippen molar-refractivity contribution in [3.63, 3.8) is 0 Å². The third kappa shape index (κ3) is 3.57. The second kappa shape index (κ2) is 6.98. The first-order valence-electron chi connectivity index (χ1n) is 9.27. The average molecular weight is 373 g/mol. The number of ether oxygens (including phenoxy) is 2. The van der Waals surface area contributed by atoms with Gasteiger partial charge in [0.1, 0.15) is 29.8 Å². The molecule has 0 spiro atoms. The van der Waals surface area contributed by atoms with Crippen molar-refractivity contribution >= 4 is 11.7 Å². The maximum atomic E-state index is 12.7. The summed E-state index contributed by atoms with van der Waals surface area (Å²) in [6.07, 6.45) is 0.473. The molecule has 3 N–H and O–H groups in total. The summed E-state index contributed by atoms with van der Waals surface area (Å²) in [6.45, 7) is 2.06. The van der Waals surface area contributed by atoms with Gasteiger partial charge in [-0.25, -0.2) is 0 Å². The van der Waals surface area contributed by atoms with Gasteiger partial charge in [0.15, 0.2) is 5.78 Å². The van der Waals surface area contributed by atoms with Crippen LogP contribution < -0.4 is 10.1 Å². The van der Waals surface area contributed by atoms with E-state index in [-0.39, 0.29) is 23.5 Å². The number of rotatable bonds is 0. The Morgan fingerprint density at radius 1 is 1.11 bits per heavy atom.